The minimum absolute atomic E-state index is 0.0531. The molecule has 6 nitrogen and oxygen atoms in total. The summed E-state index contributed by atoms with van der Waals surface area (Å²) in [7, 11) is 3.99. The predicted octanol–water partition coefficient (Wildman–Crippen LogP) is 4.32. The van der Waals surface area contributed by atoms with Gasteiger partial charge in [0, 0.05) is 32.9 Å². The van der Waals surface area contributed by atoms with Gasteiger partial charge in [-0.15, -0.1) is 11.3 Å². The third kappa shape index (κ3) is 4.61. The summed E-state index contributed by atoms with van der Waals surface area (Å²) >= 11 is 1.26. The maximum atomic E-state index is 12.9. The second-order valence-corrected chi connectivity index (χ2v) is 7.56. The van der Waals surface area contributed by atoms with Gasteiger partial charge in [-0.1, -0.05) is 12.1 Å². The molecule has 0 aliphatic carbocycles. The van der Waals surface area contributed by atoms with Gasteiger partial charge in [-0.3, -0.25) is 9.59 Å². The van der Waals surface area contributed by atoms with E-state index in [0.29, 0.717) is 23.0 Å². The van der Waals surface area contributed by atoms with Crippen LogP contribution in [-0.2, 0) is 6.54 Å². The average molecular weight is 398 g/mol. The Hall–Kier alpha value is -3.06. The van der Waals surface area contributed by atoms with Gasteiger partial charge in [0.2, 0.25) is 0 Å². The summed E-state index contributed by atoms with van der Waals surface area (Å²) in [4.78, 5) is 29.4. The summed E-state index contributed by atoms with van der Waals surface area (Å²) in [5.74, 6) is -0.153. The van der Waals surface area contributed by atoms with E-state index in [1.54, 1.807) is 29.2 Å². The van der Waals surface area contributed by atoms with Crippen molar-refractivity contribution in [3.63, 3.8) is 0 Å². The number of nitrogens with zero attached hydrogens (tertiary/aromatic N) is 2. The van der Waals surface area contributed by atoms with Crippen LogP contribution in [0.3, 0.4) is 0 Å². The van der Waals surface area contributed by atoms with Gasteiger partial charge in [-0.05, 0) is 48.9 Å². The number of rotatable bonds is 7. The van der Waals surface area contributed by atoms with E-state index in [1.165, 1.54) is 17.6 Å². The lowest BCUT2D eigenvalue weighted by molar-refractivity contribution is 0.0757. The molecule has 0 atom stereocenters. The first-order valence-corrected chi connectivity index (χ1v) is 9.79. The molecule has 0 bridgehead atoms. The van der Waals surface area contributed by atoms with Crippen LogP contribution in [0.1, 0.15) is 32.7 Å². The maximum Gasteiger partial charge on any atom is 0.291 e. The summed E-state index contributed by atoms with van der Waals surface area (Å²) in [6, 6.07) is 14.9. The highest BCUT2D eigenvalue weighted by molar-refractivity contribution is 7.18. The van der Waals surface area contributed by atoms with Gasteiger partial charge in [0.15, 0.2) is 5.76 Å². The zero-order valence-electron chi connectivity index (χ0n) is 16.1. The van der Waals surface area contributed by atoms with Crippen LogP contribution in [0.15, 0.2) is 59.2 Å². The lowest BCUT2D eigenvalue weighted by Gasteiger charge is -2.21. The molecule has 28 heavy (non-hydrogen) atoms. The number of amides is 2. The fraction of sp³-hybridized carbons (Fsp3) is 0.238. The fourth-order valence-corrected chi connectivity index (χ4v) is 3.57. The number of hydrogen-bond donors (Lipinski definition) is 1. The summed E-state index contributed by atoms with van der Waals surface area (Å²) in [6.07, 6.45) is 1.45. The highest BCUT2D eigenvalue weighted by Gasteiger charge is 2.18. The van der Waals surface area contributed by atoms with Gasteiger partial charge in [0.25, 0.3) is 11.8 Å². The van der Waals surface area contributed by atoms with Crippen molar-refractivity contribution in [2.75, 3.05) is 30.9 Å². The normalized spacial score (nSPS) is 10.5. The van der Waals surface area contributed by atoms with Gasteiger partial charge in [-0.25, -0.2) is 0 Å². The molecule has 0 aliphatic heterocycles. The Morgan fingerprint density at radius 1 is 1.07 bits per heavy atom. The minimum Gasteiger partial charge on any atom is -0.459 e. The molecule has 7 heteroatoms. The number of benzene rings is 1. The summed E-state index contributed by atoms with van der Waals surface area (Å²) < 4.78 is 5.08. The van der Waals surface area contributed by atoms with E-state index in [1.807, 2.05) is 50.2 Å². The van der Waals surface area contributed by atoms with Crippen LogP contribution >= 0.6 is 11.3 Å². The van der Waals surface area contributed by atoms with Crippen LogP contribution in [0.2, 0.25) is 0 Å². The SMILES string of the molecule is CCN(Cc1ccc(N(C)C)cc1)C(=O)c1ccc(NC(=O)c2ccco2)s1. The van der Waals surface area contributed by atoms with Gasteiger partial charge < -0.3 is 19.5 Å². The highest BCUT2D eigenvalue weighted by atomic mass is 32.1. The molecule has 0 fully saturated rings. The van der Waals surface area contributed by atoms with E-state index >= 15 is 0 Å². The average Bonchev–Trinajstić information content (AvgIpc) is 3.38. The van der Waals surface area contributed by atoms with E-state index in [2.05, 4.69) is 5.32 Å². The molecule has 1 N–H and O–H groups in total. The predicted molar refractivity (Wildman–Crippen MR) is 112 cm³/mol. The molecule has 0 unspecified atom stereocenters. The fourth-order valence-electron chi connectivity index (χ4n) is 2.70. The molecule has 2 amide bonds. The first kappa shape index (κ1) is 19.7. The van der Waals surface area contributed by atoms with E-state index in [-0.39, 0.29) is 17.6 Å². The van der Waals surface area contributed by atoms with Crippen LogP contribution < -0.4 is 10.2 Å². The van der Waals surface area contributed by atoms with Crippen LogP contribution in [0.4, 0.5) is 10.7 Å². The quantitative estimate of drug-likeness (QED) is 0.645. The lowest BCUT2D eigenvalue weighted by atomic mass is 10.2. The Bertz CT molecular complexity index is 930. The van der Waals surface area contributed by atoms with Crippen molar-refractivity contribution in [2.24, 2.45) is 0 Å². The molecular formula is C21H23N3O3S. The van der Waals surface area contributed by atoms with Crippen molar-refractivity contribution in [1.82, 2.24) is 4.90 Å². The van der Waals surface area contributed by atoms with Crippen LogP contribution in [0.5, 0.6) is 0 Å². The summed E-state index contributed by atoms with van der Waals surface area (Å²) in [5.41, 5.74) is 2.19. The van der Waals surface area contributed by atoms with Crippen molar-refractivity contribution in [2.45, 2.75) is 13.5 Å². The topological polar surface area (TPSA) is 65.8 Å². The molecule has 0 radical (unpaired) electrons. The molecule has 2 aromatic heterocycles. The number of carbonyl (C=O) groups is 2. The van der Waals surface area contributed by atoms with Crippen molar-refractivity contribution in [3.05, 3.63) is 71.0 Å². The highest BCUT2D eigenvalue weighted by Crippen LogP contribution is 2.25. The number of carbonyl (C=O) groups excluding carboxylic acids is 2. The zero-order valence-corrected chi connectivity index (χ0v) is 17.0. The molecular weight excluding hydrogens is 374 g/mol. The standard InChI is InChI=1S/C21H23N3O3S/c1-4-24(14-15-7-9-16(10-8-15)23(2)3)21(26)18-11-12-19(28-18)22-20(25)17-6-5-13-27-17/h5-13H,4,14H2,1-3H3,(H,22,25). The number of anilines is 2. The molecule has 0 spiro atoms. The summed E-state index contributed by atoms with van der Waals surface area (Å²) in [5, 5.41) is 3.36. The molecule has 0 saturated carbocycles. The molecule has 146 valence electrons. The Labute approximate surface area is 168 Å². The first-order valence-electron chi connectivity index (χ1n) is 8.98. The number of hydrogen-bond acceptors (Lipinski definition) is 5. The van der Waals surface area contributed by atoms with Gasteiger partial charge >= 0.3 is 0 Å². The van der Waals surface area contributed by atoms with E-state index in [9.17, 15) is 9.59 Å². The molecule has 2 heterocycles. The molecule has 0 saturated heterocycles. The maximum absolute atomic E-state index is 12.9. The van der Waals surface area contributed by atoms with E-state index in [4.69, 9.17) is 4.42 Å². The van der Waals surface area contributed by atoms with Crippen molar-refractivity contribution >= 4 is 33.8 Å². The van der Waals surface area contributed by atoms with Crippen molar-refractivity contribution in [3.8, 4) is 0 Å². The Kier molecular flexibility index (Phi) is 6.16. The molecule has 0 aliphatic rings. The van der Waals surface area contributed by atoms with E-state index < -0.39 is 0 Å². The van der Waals surface area contributed by atoms with E-state index in [0.717, 1.165) is 11.3 Å². The largest absolute Gasteiger partial charge is 0.459 e. The van der Waals surface area contributed by atoms with Crippen LogP contribution in [0.25, 0.3) is 0 Å². The number of thiophene rings is 1. The molecule has 3 rings (SSSR count). The monoisotopic (exact) mass is 397 g/mol. The van der Waals surface area contributed by atoms with Crippen LogP contribution in [-0.4, -0.2) is 37.4 Å². The van der Waals surface area contributed by atoms with Gasteiger partial charge in [0.05, 0.1) is 16.1 Å². The summed E-state index contributed by atoms with van der Waals surface area (Å²) in [6.45, 7) is 3.09. The van der Waals surface area contributed by atoms with Crippen molar-refractivity contribution in [1.29, 1.82) is 0 Å². The molecule has 1 aromatic carbocycles. The Morgan fingerprint density at radius 3 is 2.43 bits per heavy atom. The Morgan fingerprint density at radius 2 is 1.82 bits per heavy atom. The zero-order chi connectivity index (χ0) is 20.1. The second kappa shape index (κ2) is 8.75. The third-order valence-electron chi connectivity index (χ3n) is 4.29. The Balaban J connectivity index is 1.66. The number of furan rings is 1. The number of nitrogens with one attached hydrogen (secondary N) is 1. The lowest BCUT2D eigenvalue weighted by Crippen LogP contribution is -2.29. The second-order valence-electron chi connectivity index (χ2n) is 6.48. The first-order chi connectivity index (χ1) is 13.5. The smallest absolute Gasteiger partial charge is 0.291 e. The van der Waals surface area contributed by atoms with Gasteiger partial charge in [-0.2, -0.15) is 0 Å². The van der Waals surface area contributed by atoms with Gasteiger partial charge in [0.1, 0.15) is 0 Å². The van der Waals surface area contributed by atoms with Crippen molar-refractivity contribution < 1.29 is 14.0 Å². The third-order valence-corrected chi connectivity index (χ3v) is 5.28. The molecule has 3 aromatic rings. The minimum atomic E-state index is -0.334. The van der Waals surface area contributed by atoms with Crippen LogP contribution in [0, 0.1) is 0 Å².